The largest absolute Gasteiger partial charge is 0.476 e. The molecule has 0 saturated carbocycles. The van der Waals surface area contributed by atoms with Crippen LogP contribution in [-0.4, -0.2) is 23.2 Å². The lowest BCUT2D eigenvalue weighted by atomic mass is 10.4. The van der Waals surface area contributed by atoms with E-state index in [0.717, 1.165) is 6.42 Å². The predicted octanol–water partition coefficient (Wildman–Crippen LogP) is 2.14. The van der Waals surface area contributed by atoms with Gasteiger partial charge in [-0.1, -0.05) is 6.07 Å². The highest BCUT2D eigenvalue weighted by Gasteiger charge is 2.09. The Hall–Kier alpha value is -1.82. The second kappa shape index (κ2) is 6.20. The van der Waals surface area contributed by atoms with Crippen LogP contribution in [0.1, 0.15) is 11.8 Å². The van der Waals surface area contributed by atoms with Gasteiger partial charge in [0.1, 0.15) is 6.33 Å². The highest BCUT2D eigenvalue weighted by Crippen LogP contribution is 2.26. The van der Waals surface area contributed by atoms with Gasteiger partial charge in [-0.05, 0) is 18.4 Å². The maximum absolute atomic E-state index is 5.86. The fourth-order valence-corrected chi connectivity index (χ4v) is 2.12. The molecule has 0 aliphatic heterocycles. The minimum Gasteiger partial charge on any atom is -0.476 e. The van der Waals surface area contributed by atoms with E-state index in [1.54, 1.807) is 11.3 Å². The van der Waals surface area contributed by atoms with E-state index in [0.29, 0.717) is 30.7 Å². The second-order valence-electron chi connectivity index (χ2n) is 3.51. The fourth-order valence-electron chi connectivity index (χ4n) is 1.43. The van der Waals surface area contributed by atoms with Gasteiger partial charge in [0.2, 0.25) is 11.8 Å². The molecule has 96 valence electrons. The molecule has 2 N–H and O–H groups in total. The third-order valence-electron chi connectivity index (χ3n) is 2.26. The van der Waals surface area contributed by atoms with Gasteiger partial charge in [0.25, 0.3) is 0 Å². The number of anilines is 1. The molecule has 0 bridgehead atoms. The topological polar surface area (TPSA) is 70.3 Å². The molecule has 2 rings (SSSR count). The minimum atomic E-state index is 0.352. The lowest BCUT2D eigenvalue weighted by Gasteiger charge is -2.09. The molecule has 5 nitrogen and oxygen atoms in total. The number of aromatic nitrogens is 2. The van der Waals surface area contributed by atoms with E-state index >= 15 is 0 Å². The molecule has 0 fully saturated rings. The number of nitrogen functional groups attached to an aromatic ring is 1. The van der Waals surface area contributed by atoms with Crippen molar-refractivity contribution in [1.82, 2.24) is 9.97 Å². The van der Waals surface area contributed by atoms with E-state index in [9.17, 15) is 0 Å². The zero-order chi connectivity index (χ0) is 12.8. The highest BCUT2D eigenvalue weighted by molar-refractivity contribution is 7.09. The van der Waals surface area contributed by atoms with Gasteiger partial charge in [0, 0.05) is 11.3 Å². The first-order chi connectivity index (χ1) is 8.81. The molecule has 0 saturated heterocycles. The Balaban J connectivity index is 1.94. The van der Waals surface area contributed by atoms with E-state index in [1.165, 1.54) is 11.2 Å². The first-order valence-electron chi connectivity index (χ1n) is 5.69. The average Bonchev–Trinajstić information content (AvgIpc) is 2.87. The quantitative estimate of drug-likeness (QED) is 0.866. The molecule has 2 heterocycles. The van der Waals surface area contributed by atoms with Crippen molar-refractivity contribution in [3.8, 4) is 11.8 Å². The Morgan fingerprint density at radius 1 is 1.28 bits per heavy atom. The summed E-state index contributed by atoms with van der Waals surface area (Å²) in [6, 6.07) is 4.09. The van der Waals surface area contributed by atoms with Gasteiger partial charge in [0.05, 0.1) is 13.2 Å². The molecule has 0 aliphatic rings. The molecule has 2 aromatic heterocycles. The van der Waals surface area contributed by atoms with Gasteiger partial charge < -0.3 is 15.2 Å². The van der Waals surface area contributed by atoms with Crippen LogP contribution in [0.3, 0.4) is 0 Å². The maximum atomic E-state index is 5.86. The van der Waals surface area contributed by atoms with Crippen LogP contribution in [0.5, 0.6) is 11.8 Å². The number of hydrogen-bond donors (Lipinski definition) is 1. The molecule has 0 spiro atoms. The first kappa shape index (κ1) is 12.6. The van der Waals surface area contributed by atoms with Crippen LogP contribution < -0.4 is 15.2 Å². The third-order valence-corrected chi connectivity index (χ3v) is 3.20. The van der Waals surface area contributed by atoms with E-state index in [-0.39, 0.29) is 0 Å². The smallest absolute Gasteiger partial charge is 0.244 e. The fraction of sp³-hybridized carbons (Fsp3) is 0.333. The zero-order valence-corrected chi connectivity index (χ0v) is 10.9. The summed E-state index contributed by atoms with van der Waals surface area (Å²) < 4.78 is 10.8. The first-order valence-corrected chi connectivity index (χ1v) is 6.57. The molecule has 0 aromatic carbocycles. The molecule has 0 unspecified atom stereocenters. The van der Waals surface area contributed by atoms with E-state index < -0.39 is 0 Å². The number of nitrogens with two attached hydrogens (primary N) is 1. The summed E-state index contributed by atoms with van der Waals surface area (Å²) in [7, 11) is 0. The number of nitrogens with zero attached hydrogens (tertiary/aromatic N) is 2. The lowest BCUT2D eigenvalue weighted by Crippen LogP contribution is -2.07. The standard InChI is InChI=1S/C12H15N3O2S/c1-2-16-11-10(13)12(15-8-14-11)17-6-5-9-4-3-7-18-9/h3-4,7-8H,2,5-6,13H2,1H3. The van der Waals surface area contributed by atoms with Crippen molar-refractivity contribution in [3.63, 3.8) is 0 Å². The second-order valence-corrected chi connectivity index (χ2v) is 4.54. The lowest BCUT2D eigenvalue weighted by molar-refractivity contribution is 0.299. The van der Waals surface area contributed by atoms with Gasteiger partial charge in [0.15, 0.2) is 5.69 Å². The maximum Gasteiger partial charge on any atom is 0.244 e. The molecular formula is C12H15N3O2S. The molecule has 0 radical (unpaired) electrons. The van der Waals surface area contributed by atoms with Gasteiger partial charge >= 0.3 is 0 Å². The van der Waals surface area contributed by atoms with Crippen molar-refractivity contribution in [2.75, 3.05) is 18.9 Å². The Bertz CT molecular complexity index is 488. The molecule has 0 amide bonds. The Morgan fingerprint density at radius 3 is 2.72 bits per heavy atom. The Kier molecular flexibility index (Phi) is 4.35. The average molecular weight is 265 g/mol. The zero-order valence-electron chi connectivity index (χ0n) is 10.1. The molecule has 18 heavy (non-hydrogen) atoms. The third kappa shape index (κ3) is 3.10. The van der Waals surface area contributed by atoms with Crippen molar-refractivity contribution in [2.24, 2.45) is 0 Å². The van der Waals surface area contributed by atoms with Crippen LogP contribution in [0.2, 0.25) is 0 Å². The predicted molar refractivity (Wildman–Crippen MR) is 71.1 cm³/mol. The normalized spacial score (nSPS) is 10.3. The van der Waals surface area contributed by atoms with Crippen LogP contribution in [-0.2, 0) is 6.42 Å². The summed E-state index contributed by atoms with van der Waals surface area (Å²) in [5.74, 6) is 0.753. The van der Waals surface area contributed by atoms with Crippen molar-refractivity contribution >= 4 is 17.0 Å². The van der Waals surface area contributed by atoms with Gasteiger partial charge in [-0.25, -0.2) is 0 Å². The Labute approximate surface area is 110 Å². The number of rotatable bonds is 6. The van der Waals surface area contributed by atoms with Crippen molar-refractivity contribution in [3.05, 3.63) is 28.7 Å². The van der Waals surface area contributed by atoms with Crippen LogP contribution in [0.15, 0.2) is 23.8 Å². The monoisotopic (exact) mass is 265 g/mol. The summed E-state index contributed by atoms with van der Waals surface area (Å²) in [5.41, 5.74) is 6.21. The minimum absolute atomic E-state index is 0.352. The van der Waals surface area contributed by atoms with Crippen molar-refractivity contribution < 1.29 is 9.47 Å². The van der Waals surface area contributed by atoms with E-state index in [2.05, 4.69) is 16.0 Å². The molecule has 0 aliphatic carbocycles. The molecular weight excluding hydrogens is 250 g/mol. The van der Waals surface area contributed by atoms with Gasteiger partial charge in [-0.15, -0.1) is 11.3 Å². The van der Waals surface area contributed by atoms with Crippen molar-refractivity contribution in [1.29, 1.82) is 0 Å². The number of ether oxygens (including phenoxy) is 2. The summed E-state index contributed by atoms with van der Waals surface area (Å²) in [6.45, 7) is 2.92. The van der Waals surface area contributed by atoms with Crippen LogP contribution in [0.4, 0.5) is 5.69 Å². The van der Waals surface area contributed by atoms with Crippen molar-refractivity contribution in [2.45, 2.75) is 13.3 Å². The van der Waals surface area contributed by atoms with Crippen LogP contribution in [0.25, 0.3) is 0 Å². The van der Waals surface area contributed by atoms with E-state index in [4.69, 9.17) is 15.2 Å². The highest BCUT2D eigenvalue weighted by atomic mass is 32.1. The van der Waals surface area contributed by atoms with Gasteiger partial charge in [-0.3, -0.25) is 0 Å². The van der Waals surface area contributed by atoms with Crippen LogP contribution >= 0.6 is 11.3 Å². The Morgan fingerprint density at radius 2 is 2.06 bits per heavy atom. The molecule has 0 atom stereocenters. The van der Waals surface area contributed by atoms with Crippen LogP contribution in [0, 0.1) is 0 Å². The van der Waals surface area contributed by atoms with Gasteiger partial charge in [-0.2, -0.15) is 9.97 Å². The molecule has 2 aromatic rings. The SMILES string of the molecule is CCOc1ncnc(OCCc2cccs2)c1N. The van der Waals surface area contributed by atoms with E-state index in [1.807, 2.05) is 18.4 Å². The molecule has 6 heteroatoms. The number of hydrogen-bond acceptors (Lipinski definition) is 6. The summed E-state index contributed by atoms with van der Waals surface area (Å²) in [5, 5.41) is 2.04. The summed E-state index contributed by atoms with van der Waals surface area (Å²) in [4.78, 5) is 9.23. The summed E-state index contributed by atoms with van der Waals surface area (Å²) >= 11 is 1.70. The number of thiophene rings is 1. The summed E-state index contributed by atoms with van der Waals surface area (Å²) in [6.07, 6.45) is 2.23.